The first-order valence-electron chi connectivity index (χ1n) is 15.0. The number of Topliss-reactive ketones (excluding diaryl/α,β-unsaturated/α-hetero) is 1. The molecule has 0 saturated heterocycles. The molecule has 0 unspecified atom stereocenters. The average Bonchev–Trinajstić information content (AvgIpc) is 3.73. The molecule has 2 aromatic heterocycles. The number of nitrogens with zero attached hydrogens (tertiary/aromatic N) is 5. The van der Waals surface area contributed by atoms with E-state index in [1.807, 2.05) is 12.1 Å². The second-order valence-corrected chi connectivity index (χ2v) is 12.4. The summed E-state index contributed by atoms with van der Waals surface area (Å²) in [5, 5.41) is 4.68. The zero-order valence-electron chi connectivity index (χ0n) is 25.9. The highest BCUT2D eigenvalue weighted by molar-refractivity contribution is 9.10. The number of ether oxygens (including phenoxy) is 2. The fourth-order valence-electron chi connectivity index (χ4n) is 5.70. The number of alkyl halides is 3. The smallest absolute Gasteiger partial charge is 0.422 e. The molecule has 5 aromatic rings. The van der Waals surface area contributed by atoms with Gasteiger partial charge in [-0.25, -0.2) is 9.48 Å². The van der Waals surface area contributed by atoms with Crippen molar-refractivity contribution in [2.24, 2.45) is 0 Å². The summed E-state index contributed by atoms with van der Waals surface area (Å²) < 4.78 is 53.4. The highest BCUT2D eigenvalue weighted by Gasteiger charge is 2.32. The Hall–Kier alpha value is -4.82. The van der Waals surface area contributed by atoms with E-state index in [9.17, 15) is 27.6 Å². The number of methoxy groups -OCH3 is 1. The van der Waals surface area contributed by atoms with Crippen LogP contribution in [-0.2, 0) is 19.5 Å². The maximum Gasteiger partial charge on any atom is 0.422 e. The summed E-state index contributed by atoms with van der Waals surface area (Å²) >= 11 is 9.57. The van der Waals surface area contributed by atoms with E-state index in [4.69, 9.17) is 21.1 Å². The van der Waals surface area contributed by atoms with E-state index in [1.165, 1.54) is 33.4 Å². The first kappa shape index (κ1) is 34.1. The Morgan fingerprint density at radius 3 is 2.45 bits per heavy atom. The lowest BCUT2D eigenvalue weighted by molar-refractivity contribution is -0.153. The van der Waals surface area contributed by atoms with E-state index in [1.54, 1.807) is 59.4 Å². The molecule has 1 aliphatic rings. The number of fused-ring (bicyclic) bond motifs is 1. The van der Waals surface area contributed by atoms with Crippen molar-refractivity contribution in [1.29, 1.82) is 0 Å². The molecule has 0 aliphatic carbocycles. The summed E-state index contributed by atoms with van der Waals surface area (Å²) in [6, 6.07) is 17.5. The summed E-state index contributed by atoms with van der Waals surface area (Å²) in [5.74, 6) is -0.143. The van der Waals surface area contributed by atoms with Crippen molar-refractivity contribution >= 4 is 39.2 Å². The molecule has 0 atom stereocenters. The van der Waals surface area contributed by atoms with E-state index in [-0.39, 0.29) is 61.3 Å². The zero-order valence-corrected chi connectivity index (χ0v) is 28.3. The number of halogens is 5. The van der Waals surface area contributed by atoms with Gasteiger partial charge in [-0.05, 0) is 82.5 Å². The standard InChI is InChI=1S/C34H28BrClF3N5O5/c1-48-25-8-3-21(28(18-25)43-14-2-13-40-43)5-12-30(45)31-29-19-41(32(46)22-4-11-26(35)27(36)17-22)15-16-42(29)33(47)44(31)23-6-9-24(10-7-23)49-20-34(37,38)39/h2-4,6-11,13-14,17-18H,5,12,15-16,19-20H2,1H3. The monoisotopic (exact) mass is 757 g/mol. The normalized spacial score (nSPS) is 12.9. The maximum atomic E-state index is 14.2. The molecule has 1 aliphatic heterocycles. The SMILES string of the molecule is COc1ccc(CCC(=O)c2c3n(c(=O)n2-c2ccc(OCC(F)(F)F)cc2)CCN(C(=O)c2ccc(Br)c(Cl)c2)C3)c(-n2cccn2)c1. The highest BCUT2D eigenvalue weighted by Crippen LogP contribution is 2.28. The third kappa shape index (κ3) is 7.30. The van der Waals surface area contributed by atoms with Gasteiger partial charge in [-0.2, -0.15) is 18.3 Å². The third-order valence-corrected chi connectivity index (χ3v) is 9.29. The third-order valence-electron chi connectivity index (χ3n) is 8.06. The first-order chi connectivity index (χ1) is 23.4. The van der Waals surface area contributed by atoms with Gasteiger partial charge in [0, 0.05) is 48.0 Å². The van der Waals surface area contributed by atoms with Crippen LogP contribution in [0.2, 0.25) is 5.02 Å². The predicted molar refractivity (Wildman–Crippen MR) is 178 cm³/mol. The van der Waals surface area contributed by atoms with Crippen LogP contribution >= 0.6 is 27.5 Å². The largest absolute Gasteiger partial charge is 0.497 e. The molecule has 3 aromatic carbocycles. The molecule has 0 N–H and O–H groups in total. The van der Waals surface area contributed by atoms with Crippen LogP contribution in [0.25, 0.3) is 11.4 Å². The molecule has 0 fully saturated rings. The van der Waals surface area contributed by atoms with Crippen LogP contribution in [-0.4, -0.2) is 61.9 Å². The van der Waals surface area contributed by atoms with Gasteiger partial charge in [0.2, 0.25) is 0 Å². The van der Waals surface area contributed by atoms with Gasteiger partial charge < -0.3 is 14.4 Å². The number of hydrogen-bond acceptors (Lipinski definition) is 6. The van der Waals surface area contributed by atoms with Crippen LogP contribution in [0.15, 0.2) is 88.4 Å². The fourth-order valence-corrected chi connectivity index (χ4v) is 6.13. The van der Waals surface area contributed by atoms with E-state index < -0.39 is 18.5 Å². The van der Waals surface area contributed by atoms with Gasteiger partial charge in [-0.15, -0.1) is 0 Å². The van der Waals surface area contributed by atoms with Crippen molar-refractivity contribution in [3.05, 3.63) is 122 Å². The van der Waals surface area contributed by atoms with Crippen LogP contribution in [0.1, 0.15) is 38.5 Å². The molecule has 3 heterocycles. The number of aryl methyl sites for hydroxylation is 1. The molecular formula is C34H28BrClF3N5O5. The summed E-state index contributed by atoms with van der Waals surface area (Å²) in [6.45, 7) is -1.20. The van der Waals surface area contributed by atoms with Gasteiger partial charge in [0.25, 0.3) is 5.91 Å². The molecule has 1 amide bonds. The Kier molecular flexibility index (Phi) is 9.70. The molecule has 0 saturated carbocycles. The molecule has 0 bridgehead atoms. The van der Waals surface area contributed by atoms with E-state index in [0.29, 0.717) is 32.2 Å². The molecule has 6 rings (SSSR count). The fraction of sp³-hybridized carbons (Fsp3) is 0.235. The first-order valence-corrected chi connectivity index (χ1v) is 16.2. The number of rotatable bonds is 10. The minimum atomic E-state index is -4.53. The summed E-state index contributed by atoms with van der Waals surface area (Å²) in [7, 11) is 1.55. The van der Waals surface area contributed by atoms with Crippen LogP contribution in [0.3, 0.4) is 0 Å². The summed E-state index contributed by atoms with van der Waals surface area (Å²) in [6.07, 6.45) is -0.854. The van der Waals surface area contributed by atoms with Crippen LogP contribution in [0.5, 0.6) is 11.5 Å². The number of imidazole rings is 1. The van der Waals surface area contributed by atoms with Crippen molar-refractivity contribution in [2.75, 3.05) is 20.3 Å². The zero-order chi connectivity index (χ0) is 34.9. The molecule has 49 heavy (non-hydrogen) atoms. The van der Waals surface area contributed by atoms with E-state index >= 15 is 0 Å². The van der Waals surface area contributed by atoms with Crippen molar-refractivity contribution in [2.45, 2.75) is 32.1 Å². The van der Waals surface area contributed by atoms with Gasteiger partial charge in [0.15, 0.2) is 12.4 Å². The van der Waals surface area contributed by atoms with Crippen LogP contribution in [0.4, 0.5) is 13.2 Å². The number of ketones is 1. The van der Waals surface area contributed by atoms with Gasteiger partial charge >= 0.3 is 11.9 Å². The van der Waals surface area contributed by atoms with Gasteiger partial charge in [0.1, 0.15) is 17.2 Å². The molecule has 10 nitrogen and oxygen atoms in total. The molecule has 254 valence electrons. The Balaban J connectivity index is 1.36. The Morgan fingerprint density at radius 1 is 1.02 bits per heavy atom. The lowest BCUT2D eigenvalue weighted by Gasteiger charge is -2.28. The predicted octanol–water partition coefficient (Wildman–Crippen LogP) is 6.66. The number of carbonyl (C=O) groups excluding carboxylic acids is 2. The van der Waals surface area contributed by atoms with E-state index in [0.717, 1.165) is 5.56 Å². The van der Waals surface area contributed by atoms with Crippen LogP contribution in [0, 0.1) is 0 Å². The molecular weight excluding hydrogens is 731 g/mol. The van der Waals surface area contributed by atoms with Crippen molar-refractivity contribution in [3.8, 4) is 22.9 Å². The minimum absolute atomic E-state index is 0.0138. The second kappa shape index (κ2) is 14.0. The second-order valence-electron chi connectivity index (χ2n) is 11.2. The van der Waals surface area contributed by atoms with Gasteiger partial charge in [0.05, 0.1) is 35.7 Å². The lowest BCUT2D eigenvalue weighted by atomic mass is 10.0. The summed E-state index contributed by atoms with van der Waals surface area (Å²) in [5.41, 5.74) is 2.03. The number of aromatic nitrogens is 4. The number of carbonyl (C=O) groups is 2. The van der Waals surface area contributed by atoms with Gasteiger partial charge in [-0.3, -0.25) is 18.7 Å². The average molecular weight is 759 g/mol. The van der Waals surface area contributed by atoms with Crippen molar-refractivity contribution in [3.63, 3.8) is 0 Å². The highest BCUT2D eigenvalue weighted by atomic mass is 79.9. The number of benzene rings is 3. The van der Waals surface area contributed by atoms with Crippen LogP contribution < -0.4 is 15.2 Å². The van der Waals surface area contributed by atoms with Crippen molar-refractivity contribution in [1.82, 2.24) is 23.8 Å². The number of hydrogen-bond donors (Lipinski definition) is 0. The molecule has 0 spiro atoms. The Labute approximate surface area is 291 Å². The molecule has 15 heteroatoms. The lowest BCUT2D eigenvalue weighted by Crippen LogP contribution is -2.41. The topological polar surface area (TPSA) is 101 Å². The Bertz CT molecular complexity index is 2080. The van der Waals surface area contributed by atoms with Crippen molar-refractivity contribution < 1.29 is 32.2 Å². The quantitative estimate of drug-likeness (QED) is 0.148. The number of amides is 1. The molecule has 0 radical (unpaired) electrons. The minimum Gasteiger partial charge on any atom is -0.497 e. The Morgan fingerprint density at radius 2 is 1.78 bits per heavy atom. The maximum absolute atomic E-state index is 14.2. The summed E-state index contributed by atoms with van der Waals surface area (Å²) in [4.78, 5) is 43.2. The van der Waals surface area contributed by atoms with Gasteiger partial charge in [-0.1, -0.05) is 17.7 Å². The van der Waals surface area contributed by atoms with E-state index in [2.05, 4.69) is 21.0 Å².